The lowest BCUT2D eigenvalue weighted by molar-refractivity contribution is 0.765. The molecule has 0 aliphatic heterocycles. The van der Waals surface area contributed by atoms with Gasteiger partial charge in [0.2, 0.25) is 0 Å². The molecule has 0 N–H and O–H groups in total. The van der Waals surface area contributed by atoms with Crippen LogP contribution in [0.15, 0.2) is 24.4 Å². The Kier molecular flexibility index (Phi) is 1.29. The molecule has 0 saturated heterocycles. The van der Waals surface area contributed by atoms with Crippen LogP contribution in [0, 0.1) is 6.92 Å². The Labute approximate surface area is 77.2 Å². The third-order valence-corrected chi connectivity index (χ3v) is 2.64. The molecule has 2 aromatic heterocycles. The minimum atomic E-state index is 0.729. The van der Waals surface area contributed by atoms with Gasteiger partial charge in [0.1, 0.15) is 5.65 Å². The quantitative estimate of drug-likeness (QED) is 0.646. The van der Waals surface area contributed by atoms with E-state index in [2.05, 4.69) is 33.9 Å². The van der Waals surface area contributed by atoms with Gasteiger partial charge in [0.05, 0.1) is 0 Å². The van der Waals surface area contributed by atoms with Crippen LogP contribution in [-0.2, 0) is 0 Å². The number of rotatable bonds is 1. The molecule has 1 aliphatic rings. The summed E-state index contributed by atoms with van der Waals surface area (Å²) in [6.45, 7) is 2.05. The lowest BCUT2D eigenvalue weighted by Crippen LogP contribution is -1.93. The second-order valence-corrected chi connectivity index (χ2v) is 3.82. The molecule has 13 heavy (non-hydrogen) atoms. The molecule has 0 amide bonds. The Morgan fingerprint density at radius 2 is 2.15 bits per heavy atom. The van der Waals surface area contributed by atoms with Crippen LogP contribution in [0.4, 0.5) is 0 Å². The first-order valence-corrected chi connectivity index (χ1v) is 4.79. The fourth-order valence-corrected chi connectivity index (χ4v) is 1.77. The molecule has 2 heterocycles. The van der Waals surface area contributed by atoms with E-state index in [4.69, 9.17) is 0 Å². The summed E-state index contributed by atoms with van der Waals surface area (Å²) in [6.07, 6.45) is 4.80. The molecule has 0 bridgehead atoms. The molecule has 0 atom stereocenters. The predicted molar refractivity (Wildman–Crippen MR) is 52.7 cm³/mol. The number of hydrogen-bond acceptors (Lipinski definition) is 1. The largest absolute Gasteiger partial charge is 0.329 e. The van der Waals surface area contributed by atoms with E-state index in [-0.39, 0.29) is 0 Å². The summed E-state index contributed by atoms with van der Waals surface area (Å²) in [7, 11) is 0. The highest BCUT2D eigenvalue weighted by Crippen LogP contribution is 2.37. The van der Waals surface area contributed by atoms with Gasteiger partial charge in [0, 0.05) is 23.3 Å². The third-order valence-electron chi connectivity index (χ3n) is 2.64. The van der Waals surface area contributed by atoms with Gasteiger partial charge >= 0.3 is 0 Å². The number of aryl methyl sites for hydroxylation is 1. The first kappa shape index (κ1) is 7.13. The maximum absolute atomic E-state index is 4.56. The standard InChI is InChI=1S/C11H12N2/c1-8-2-3-9-6-7-13(10-4-5-10)11(9)12-8/h2-3,6-7,10H,4-5H2,1H3. The minimum absolute atomic E-state index is 0.729. The number of fused-ring (bicyclic) bond motifs is 1. The Hall–Kier alpha value is -1.31. The van der Waals surface area contributed by atoms with E-state index in [0.717, 1.165) is 17.4 Å². The molecule has 2 aromatic rings. The zero-order chi connectivity index (χ0) is 8.84. The van der Waals surface area contributed by atoms with Gasteiger partial charge in [-0.1, -0.05) is 0 Å². The van der Waals surface area contributed by atoms with Crippen molar-refractivity contribution in [2.75, 3.05) is 0 Å². The van der Waals surface area contributed by atoms with Gasteiger partial charge in [-0.3, -0.25) is 0 Å². The van der Waals surface area contributed by atoms with Crippen LogP contribution in [0.5, 0.6) is 0 Å². The molecule has 0 spiro atoms. The van der Waals surface area contributed by atoms with E-state index in [1.807, 2.05) is 6.92 Å². The fraction of sp³-hybridized carbons (Fsp3) is 0.364. The highest BCUT2D eigenvalue weighted by atomic mass is 15.1. The molecule has 66 valence electrons. The van der Waals surface area contributed by atoms with Crippen molar-refractivity contribution in [1.29, 1.82) is 0 Å². The van der Waals surface area contributed by atoms with E-state index in [1.165, 1.54) is 18.2 Å². The zero-order valence-electron chi connectivity index (χ0n) is 7.70. The Balaban J connectivity index is 2.29. The molecule has 1 aliphatic carbocycles. The molecule has 0 radical (unpaired) electrons. The normalized spacial score (nSPS) is 16.7. The molecule has 3 rings (SSSR count). The van der Waals surface area contributed by atoms with Crippen LogP contribution < -0.4 is 0 Å². The summed E-state index contributed by atoms with van der Waals surface area (Å²) in [5.41, 5.74) is 2.26. The first-order chi connectivity index (χ1) is 6.34. The van der Waals surface area contributed by atoms with Crippen molar-refractivity contribution in [1.82, 2.24) is 9.55 Å². The zero-order valence-corrected chi connectivity index (χ0v) is 7.70. The highest BCUT2D eigenvalue weighted by Gasteiger charge is 2.24. The molecule has 2 heteroatoms. The lowest BCUT2D eigenvalue weighted by Gasteiger charge is -2.01. The van der Waals surface area contributed by atoms with Gasteiger partial charge in [-0.15, -0.1) is 0 Å². The number of hydrogen-bond donors (Lipinski definition) is 0. The minimum Gasteiger partial charge on any atom is -0.329 e. The summed E-state index contributed by atoms with van der Waals surface area (Å²) in [5, 5.41) is 1.26. The third kappa shape index (κ3) is 1.05. The molecule has 1 saturated carbocycles. The molecular weight excluding hydrogens is 160 g/mol. The van der Waals surface area contributed by atoms with Crippen LogP contribution in [0.1, 0.15) is 24.6 Å². The highest BCUT2D eigenvalue weighted by molar-refractivity contribution is 5.76. The van der Waals surface area contributed by atoms with Crippen molar-refractivity contribution in [3.8, 4) is 0 Å². The van der Waals surface area contributed by atoms with Gasteiger partial charge < -0.3 is 4.57 Å². The molecule has 0 aromatic carbocycles. The average molecular weight is 172 g/mol. The smallest absolute Gasteiger partial charge is 0.140 e. The summed E-state index contributed by atoms with van der Waals surface area (Å²) < 4.78 is 2.31. The van der Waals surface area contributed by atoms with Crippen LogP contribution >= 0.6 is 0 Å². The predicted octanol–water partition coefficient (Wildman–Crippen LogP) is 2.68. The SMILES string of the molecule is Cc1ccc2ccn(C3CC3)c2n1. The number of aromatic nitrogens is 2. The van der Waals surface area contributed by atoms with Crippen LogP contribution in [-0.4, -0.2) is 9.55 Å². The number of nitrogens with zero attached hydrogens (tertiary/aromatic N) is 2. The summed E-state index contributed by atoms with van der Waals surface area (Å²) >= 11 is 0. The van der Waals surface area contributed by atoms with Crippen molar-refractivity contribution in [2.45, 2.75) is 25.8 Å². The first-order valence-electron chi connectivity index (χ1n) is 4.79. The van der Waals surface area contributed by atoms with Crippen molar-refractivity contribution in [3.05, 3.63) is 30.1 Å². The molecule has 2 nitrogen and oxygen atoms in total. The second kappa shape index (κ2) is 2.34. The molecule has 0 unspecified atom stereocenters. The van der Waals surface area contributed by atoms with Gasteiger partial charge in [-0.25, -0.2) is 4.98 Å². The topological polar surface area (TPSA) is 17.8 Å². The summed E-state index contributed by atoms with van der Waals surface area (Å²) in [6, 6.07) is 7.10. The Morgan fingerprint density at radius 1 is 1.31 bits per heavy atom. The maximum atomic E-state index is 4.56. The van der Waals surface area contributed by atoms with Gasteiger partial charge in [0.15, 0.2) is 0 Å². The van der Waals surface area contributed by atoms with E-state index in [9.17, 15) is 0 Å². The Morgan fingerprint density at radius 3 is 2.92 bits per heavy atom. The van der Waals surface area contributed by atoms with Crippen molar-refractivity contribution >= 4 is 11.0 Å². The number of pyridine rings is 1. The van der Waals surface area contributed by atoms with Crippen LogP contribution in [0.3, 0.4) is 0 Å². The van der Waals surface area contributed by atoms with E-state index >= 15 is 0 Å². The Bertz CT molecular complexity index is 452. The second-order valence-electron chi connectivity index (χ2n) is 3.82. The monoisotopic (exact) mass is 172 g/mol. The average Bonchev–Trinajstić information content (AvgIpc) is 2.87. The van der Waals surface area contributed by atoms with E-state index in [1.54, 1.807) is 0 Å². The van der Waals surface area contributed by atoms with Gasteiger partial charge in [-0.2, -0.15) is 0 Å². The summed E-state index contributed by atoms with van der Waals surface area (Å²) in [5.74, 6) is 0. The lowest BCUT2D eigenvalue weighted by atomic mass is 10.3. The van der Waals surface area contributed by atoms with Crippen molar-refractivity contribution in [3.63, 3.8) is 0 Å². The van der Waals surface area contributed by atoms with Crippen LogP contribution in [0.25, 0.3) is 11.0 Å². The van der Waals surface area contributed by atoms with Gasteiger partial charge in [-0.05, 0) is 38.0 Å². The molecule has 1 fully saturated rings. The molecular formula is C11H12N2. The van der Waals surface area contributed by atoms with E-state index in [0.29, 0.717) is 0 Å². The summed E-state index contributed by atoms with van der Waals surface area (Å²) in [4.78, 5) is 4.56. The van der Waals surface area contributed by atoms with Crippen LogP contribution in [0.2, 0.25) is 0 Å². The van der Waals surface area contributed by atoms with Gasteiger partial charge in [0.25, 0.3) is 0 Å². The van der Waals surface area contributed by atoms with Crippen molar-refractivity contribution < 1.29 is 0 Å². The van der Waals surface area contributed by atoms with E-state index < -0.39 is 0 Å². The fourth-order valence-electron chi connectivity index (χ4n) is 1.77. The van der Waals surface area contributed by atoms with Crippen molar-refractivity contribution in [2.24, 2.45) is 0 Å². The maximum Gasteiger partial charge on any atom is 0.140 e.